The number of nitrogens with zero attached hydrogens (tertiary/aromatic N) is 1. The third-order valence-electron chi connectivity index (χ3n) is 4.39. The Bertz CT molecular complexity index is 713. The van der Waals surface area contributed by atoms with E-state index < -0.39 is 0 Å². The number of benzene rings is 1. The van der Waals surface area contributed by atoms with Crippen molar-refractivity contribution in [2.75, 3.05) is 19.5 Å². The number of ether oxygens (including phenoxy) is 2. The zero-order chi connectivity index (χ0) is 16.4. The van der Waals surface area contributed by atoms with Gasteiger partial charge in [0.2, 0.25) is 5.88 Å². The zero-order valence-corrected chi connectivity index (χ0v) is 14.1. The van der Waals surface area contributed by atoms with Crippen LogP contribution in [0.1, 0.15) is 30.0 Å². The van der Waals surface area contributed by atoms with E-state index in [1.165, 1.54) is 23.1 Å². The van der Waals surface area contributed by atoms with Gasteiger partial charge in [0.1, 0.15) is 6.10 Å². The van der Waals surface area contributed by atoms with Crippen LogP contribution < -0.4 is 10.5 Å². The van der Waals surface area contributed by atoms with Gasteiger partial charge in [-0.3, -0.25) is 0 Å². The molecule has 1 atom stereocenters. The predicted octanol–water partition coefficient (Wildman–Crippen LogP) is 3.54. The number of nitrogens with two attached hydrogens (primary N) is 1. The topological polar surface area (TPSA) is 57.4 Å². The number of fused-ring (bicyclic) bond motifs is 1. The summed E-state index contributed by atoms with van der Waals surface area (Å²) in [5.74, 6) is 0.603. The van der Waals surface area contributed by atoms with Gasteiger partial charge in [0.25, 0.3) is 0 Å². The molecule has 1 aromatic heterocycles. The number of aryl methyl sites for hydroxylation is 2. The molecule has 0 bridgehead atoms. The largest absolute Gasteiger partial charge is 0.472 e. The van der Waals surface area contributed by atoms with Crippen LogP contribution in [0.25, 0.3) is 11.1 Å². The monoisotopic (exact) mass is 312 g/mol. The quantitative estimate of drug-likeness (QED) is 0.858. The molecule has 0 fully saturated rings. The van der Waals surface area contributed by atoms with Crippen LogP contribution >= 0.6 is 0 Å². The Hall–Kier alpha value is -2.07. The minimum Gasteiger partial charge on any atom is -0.472 e. The molecule has 2 N–H and O–H groups in total. The van der Waals surface area contributed by atoms with Crippen molar-refractivity contribution in [3.63, 3.8) is 0 Å². The van der Waals surface area contributed by atoms with Crippen LogP contribution in [-0.4, -0.2) is 24.8 Å². The van der Waals surface area contributed by atoms with E-state index in [1.807, 2.05) is 19.1 Å². The second-order valence-electron chi connectivity index (χ2n) is 6.24. The van der Waals surface area contributed by atoms with Gasteiger partial charge >= 0.3 is 0 Å². The van der Waals surface area contributed by atoms with Gasteiger partial charge in [0.05, 0.1) is 6.61 Å². The Morgan fingerprint density at radius 2 is 2.13 bits per heavy atom. The zero-order valence-electron chi connectivity index (χ0n) is 14.1. The fraction of sp³-hybridized carbons (Fsp3) is 0.421. The molecule has 0 radical (unpaired) electrons. The number of hydrogen-bond donors (Lipinski definition) is 1. The average molecular weight is 312 g/mol. The summed E-state index contributed by atoms with van der Waals surface area (Å²) in [6, 6.07) is 6.24. The normalized spacial score (nSPS) is 14.6. The van der Waals surface area contributed by atoms with E-state index in [1.54, 1.807) is 13.3 Å². The first-order chi connectivity index (χ1) is 11.1. The second kappa shape index (κ2) is 6.59. The fourth-order valence-electron chi connectivity index (χ4n) is 3.42. The van der Waals surface area contributed by atoms with Gasteiger partial charge in [-0.2, -0.15) is 0 Å². The van der Waals surface area contributed by atoms with E-state index in [-0.39, 0.29) is 6.10 Å². The molecule has 4 nitrogen and oxygen atoms in total. The van der Waals surface area contributed by atoms with Crippen LogP contribution in [0.5, 0.6) is 5.88 Å². The van der Waals surface area contributed by atoms with Crippen molar-refractivity contribution in [2.24, 2.45) is 0 Å². The molecular formula is C19H24N2O2. The molecule has 122 valence electrons. The Labute approximate surface area is 137 Å². The van der Waals surface area contributed by atoms with Gasteiger partial charge in [-0.25, -0.2) is 4.98 Å². The number of pyridine rings is 1. The standard InChI is InChI=1S/C19H24N2O2/c1-12-9-14-5-4-6-16(14)19(20)18(12)15-7-8-21-17(10-15)23-13(2)11-22-3/h7-10,13H,4-6,11,20H2,1-3H3. The van der Waals surface area contributed by atoms with Crippen molar-refractivity contribution >= 4 is 5.69 Å². The molecule has 0 saturated heterocycles. The molecule has 0 aliphatic heterocycles. The van der Waals surface area contributed by atoms with Crippen LogP contribution in [0.4, 0.5) is 5.69 Å². The second-order valence-corrected chi connectivity index (χ2v) is 6.24. The van der Waals surface area contributed by atoms with Gasteiger partial charge in [-0.05, 0) is 61.4 Å². The van der Waals surface area contributed by atoms with E-state index in [9.17, 15) is 0 Å². The SMILES string of the molecule is COCC(C)Oc1cc(-c2c(C)cc3c(c2N)CCC3)ccn1. The molecular weight excluding hydrogens is 288 g/mol. The number of hydrogen-bond acceptors (Lipinski definition) is 4. The molecule has 1 aliphatic rings. The third kappa shape index (κ3) is 3.17. The predicted molar refractivity (Wildman–Crippen MR) is 92.8 cm³/mol. The van der Waals surface area contributed by atoms with E-state index >= 15 is 0 Å². The number of aromatic nitrogens is 1. The van der Waals surface area contributed by atoms with Crippen molar-refractivity contribution in [1.82, 2.24) is 4.98 Å². The summed E-state index contributed by atoms with van der Waals surface area (Å²) in [5.41, 5.74) is 13.5. The molecule has 3 rings (SSSR count). The molecule has 0 saturated carbocycles. The summed E-state index contributed by atoms with van der Waals surface area (Å²) in [5, 5.41) is 0. The lowest BCUT2D eigenvalue weighted by Gasteiger charge is -2.16. The number of anilines is 1. The lowest BCUT2D eigenvalue weighted by atomic mass is 9.93. The Morgan fingerprint density at radius 1 is 1.30 bits per heavy atom. The molecule has 1 heterocycles. The van der Waals surface area contributed by atoms with Crippen molar-refractivity contribution in [3.8, 4) is 17.0 Å². The Kier molecular flexibility index (Phi) is 4.53. The molecule has 23 heavy (non-hydrogen) atoms. The van der Waals surface area contributed by atoms with Gasteiger partial charge in [0.15, 0.2) is 0 Å². The van der Waals surface area contributed by atoms with Gasteiger partial charge in [0, 0.05) is 30.6 Å². The minimum atomic E-state index is -0.0405. The summed E-state index contributed by atoms with van der Waals surface area (Å²) in [6.45, 7) is 4.62. The van der Waals surface area contributed by atoms with Gasteiger partial charge in [-0.1, -0.05) is 6.07 Å². The average Bonchev–Trinajstić information content (AvgIpc) is 2.96. The number of rotatable bonds is 5. The number of methoxy groups -OCH3 is 1. The van der Waals surface area contributed by atoms with Crippen LogP contribution in [-0.2, 0) is 17.6 Å². The molecule has 0 spiro atoms. The number of nitrogen functional groups attached to an aromatic ring is 1. The molecule has 2 aromatic rings. The summed E-state index contributed by atoms with van der Waals surface area (Å²) < 4.78 is 10.9. The highest BCUT2D eigenvalue weighted by Gasteiger charge is 2.19. The summed E-state index contributed by atoms with van der Waals surface area (Å²) >= 11 is 0. The highest BCUT2D eigenvalue weighted by molar-refractivity contribution is 5.83. The van der Waals surface area contributed by atoms with E-state index in [4.69, 9.17) is 15.2 Å². The van der Waals surface area contributed by atoms with Crippen LogP contribution in [0.3, 0.4) is 0 Å². The maximum Gasteiger partial charge on any atom is 0.214 e. The van der Waals surface area contributed by atoms with Crippen molar-refractivity contribution in [1.29, 1.82) is 0 Å². The van der Waals surface area contributed by atoms with E-state index in [0.717, 1.165) is 29.7 Å². The van der Waals surface area contributed by atoms with Crippen LogP contribution in [0.2, 0.25) is 0 Å². The molecule has 1 aromatic carbocycles. The Balaban J connectivity index is 1.96. The molecule has 0 amide bonds. The minimum absolute atomic E-state index is 0.0405. The summed E-state index contributed by atoms with van der Waals surface area (Å²) in [7, 11) is 1.66. The van der Waals surface area contributed by atoms with Crippen LogP contribution in [0, 0.1) is 6.92 Å². The van der Waals surface area contributed by atoms with Gasteiger partial charge in [-0.15, -0.1) is 0 Å². The van der Waals surface area contributed by atoms with E-state index in [0.29, 0.717) is 12.5 Å². The maximum absolute atomic E-state index is 6.49. The van der Waals surface area contributed by atoms with E-state index in [2.05, 4.69) is 18.0 Å². The maximum atomic E-state index is 6.49. The highest BCUT2D eigenvalue weighted by atomic mass is 16.5. The highest BCUT2D eigenvalue weighted by Crippen LogP contribution is 2.38. The molecule has 1 unspecified atom stereocenters. The first-order valence-electron chi connectivity index (χ1n) is 8.13. The first-order valence-corrected chi connectivity index (χ1v) is 8.13. The molecule has 1 aliphatic carbocycles. The van der Waals surface area contributed by atoms with Crippen molar-refractivity contribution < 1.29 is 9.47 Å². The summed E-state index contributed by atoms with van der Waals surface area (Å²) in [6.07, 6.45) is 5.15. The molecule has 4 heteroatoms. The Morgan fingerprint density at radius 3 is 2.91 bits per heavy atom. The van der Waals surface area contributed by atoms with Gasteiger partial charge < -0.3 is 15.2 Å². The lowest BCUT2D eigenvalue weighted by Crippen LogP contribution is -2.18. The van der Waals surface area contributed by atoms with Crippen molar-refractivity contribution in [2.45, 2.75) is 39.2 Å². The van der Waals surface area contributed by atoms with Crippen molar-refractivity contribution in [3.05, 3.63) is 41.1 Å². The third-order valence-corrected chi connectivity index (χ3v) is 4.39. The smallest absolute Gasteiger partial charge is 0.214 e. The first kappa shape index (κ1) is 15.8. The fourth-order valence-corrected chi connectivity index (χ4v) is 3.42. The van der Waals surface area contributed by atoms with Crippen LogP contribution in [0.15, 0.2) is 24.4 Å². The summed E-state index contributed by atoms with van der Waals surface area (Å²) in [4.78, 5) is 4.30. The lowest BCUT2D eigenvalue weighted by molar-refractivity contribution is 0.0890.